The summed E-state index contributed by atoms with van der Waals surface area (Å²) < 4.78 is 5.81. The average Bonchev–Trinajstić information content (AvgIpc) is 2.37. The summed E-state index contributed by atoms with van der Waals surface area (Å²) in [6.07, 6.45) is 0.430. The number of amides is 1. The molecule has 1 aromatic carbocycles. The number of carboxylic acids is 1. The van der Waals surface area contributed by atoms with Gasteiger partial charge in [0.25, 0.3) is 0 Å². The highest BCUT2D eigenvalue weighted by Crippen LogP contribution is 2.12. The number of hydrogen-bond donors (Lipinski definition) is 2. The second kappa shape index (κ2) is 8.11. The topological polar surface area (TPSA) is 75.6 Å². The van der Waals surface area contributed by atoms with Gasteiger partial charge in [-0.2, -0.15) is 0 Å². The Morgan fingerprint density at radius 2 is 2.11 bits per heavy atom. The van der Waals surface area contributed by atoms with Crippen LogP contribution in [0.2, 0.25) is 0 Å². The van der Waals surface area contributed by atoms with Crippen LogP contribution in [0, 0.1) is 3.57 Å². The molecule has 1 rings (SSSR count). The van der Waals surface area contributed by atoms with Crippen LogP contribution < -0.4 is 5.32 Å². The Labute approximate surface area is 125 Å². The Morgan fingerprint density at radius 3 is 2.68 bits per heavy atom. The van der Waals surface area contributed by atoms with E-state index in [-0.39, 0.29) is 18.7 Å². The summed E-state index contributed by atoms with van der Waals surface area (Å²) in [5.41, 5.74) is 0.886. The zero-order valence-electron chi connectivity index (χ0n) is 10.6. The van der Waals surface area contributed by atoms with Crippen molar-refractivity contribution in [2.24, 2.45) is 0 Å². The highest BCUT2D eigenvalue weighted by molar-refractivity contribution is 14.1. The molecule has 1 aromatic rings. The molecule has 0 saturated heterocycles. The number of nitrogens with one attached hydrogen (secondary N) is 1. The molecule has 0 radical (unpaired) electrons. The van der Waals surface area contributed by atoms with Crippen molar-refractivity contribution >= 4 is 34.5 Å². The SMILES string of the molecule is COCCC(NC(=O)Cc1ccccc1I)C(=O)O. The van der Waals surface area contributed by atoms with Crippen molar-refractivity contribution in [1.82, 2.24) is 5.32 Å². The first-order chi connectivity index (χ1) is 9.04. The zero-order valence-corrected chi connectivity index (χ0v) is 12.7. The third kappa shape index (κ3) is 5.56. The molecule has 0 aliphatic rings. The zero-order chi connectivity index (χ0) is 14.3. The van der Waals surface area contributed by atoms with Crippen molar-refractivity contribution in [3.8, 4) is 0 Å². The van der Waals surface area contributed by atoms with Gasteiger partial charge < -0.3 is 15.2 Å². The molecule has 1 atom stereocenters. The number of ether oxygens (including phenoxy) is 1. The van der Waals surface area contributed by atoms with E-state index in [9.17, 15) is 9.59 Å². The average molecular weight is 377 g/mol. The molecule has 0 aliphatic heterocycles. The number of hydrogen-bond acceptors (Lipinski definition) is 3. The van der Waals surface area contributed by atoms with Gasteiger partial charge in [-0.1, -0.05) is 18.2 Å². The molecule has 5 nitrogen and oxygen atoms in total. The first-order valence-electron chi connectivity index (χ1n) is 5.79. The van der Waals surface area contributed by atoms with Gasteiger partial charge in [-0.15, -0.1) is 0 Å². The fraction of sp³-hybridized carbons (Fsp3) is 0.385. The minimum atomic E-state index is -1.05. The number of rotatable bonds is 7. The predicted molar refractivity (Wildman–Crippen MR) is 78.9 cm³/mol. The van der Waals surface area contributed by atoms with E-state index in [2.05, 4.69) is 27.9 Å². The van der Waals surface area contributed by atoms with Crippen LogP contribution in [-0.2, 0) is 20.7 Å². The maximum absolute atomic E-state index is 11.8. The number of benzene rings is 1. The van der Waals surface area contributed by atoms with Gasteiger partial charge >= 0.3 is 5.97 Å². The summed E-state index contributed by atoms with van der Waals surface area (Å²) in [4.78, 5) is 22.8. The maximum Gasteiger partial charge on any atom is 0.326 e. The third-order valence-electron chi connectivity index (χ3n) is 2.55. The quantitative estimate of drug-likeness (QED) is 0.706. The van der Waals surface area contributed by atoms with E-state index >= 15 is 0 Å². The molecule has 0 aliphatic carbocycles. The van der Waals surface area contributed by atoms with Crippen LogP contribution in [0.25, 0.3) is 0 Å². The molecular formula is C13H16INO4. The van der Waals surface area contributed by atoms with Crippen LogP contribution in [0.3, 0.4) is 0 Å². The van der Waals surface area contributed by atoms with E-state index in [1.807, 2.05) is 24.3 Å². The number of carbonyl (C=O) groups excluding carboxylic acids is 1. The molecule has 0 fully saturated rings. The first kappa shape index (κ1) is 15.9. The largest absolute Gasteiger partial charge is 0.480 e. The van der Waals surface area contributed by atoms with E-state index in [0.717, 1.165) is 9.13 Å². The fourth-order valence-corrected chi connectivity index (χ4v) is 2.13. The summed E-state index contributed by atoms with van der Waals surface area (Å²) in [5, 5.41) is 11.5. The van der Waals surface area contributed by atoms with E-state index in [1.165, 1.54) is 7.11 Å². The molecule has 19 heavy (non-hydrogen) atoms. The number of aliphatic carboxylic acids is 1. The monoisotopic (exact) mass is 377 g/mol. The van der Waals surface area contributed by atoms with Crippen molar-refractivity contribution in [2.75, 3.05) is 13.7 Å². The molecule has 6 heteroatoms. The fourth-order valence-electron chi connectivity index (χ4n) is 1.55. The Balaban J connectivity index is 2.58. The lowest BCUT2D eigenvalue weighted by atomic mass is 10.1. The predicted octanol–water partition coefficient (Wildman–Crippen LogP) is 1.44. The summed E-state index contributed by atoms with van der Waals surface area (Å²) in [6.45, 7) is 0.292. The molecule has 0 saturated carbocycles. The Bertz CT molecular complexity index is 450. The van der Waals surface area contributed by atoms with Gasteiger partial charge in [0, 0.05) is 23.7 Å². The Morgan fingerprint density at radius 1 is 1.42 bits per heavy atom. The standard InChI is InChI=1S/C13H16INO4/c1-19-7-6-11(13(17)18)15-12(16)8-9-4-2-3-5-10(9)14/h2-5,11H,6-8H2,1H3,(H,15,16)(H,17,18). The van der Waals surface area contributed by atoms with Crippen LogP contribution in [0.1, 0.15) is 12.0 Å². The van der Waals surface area contributed by atoms with Gasteiger partial charge in [0.1, 0.15) is 6.04 Å². The lowest BCUT2D eigenvalue weighted by Crippen LogP contribution is -2.42. The minimum Gasteiger partial charge on any atom is -0.480 e. The summed E-state index contributed by atoms with van der Waals surface area (Å²) in [6, 6.07) is 6.59. The van der Waals surface area contributed by atoms with Crippen molar-refractivity contribution in [3.05, 3.63) is 33.4 Å². The molecule has 1 amide bonds. The van der Waals surface area contributed by atoms with Crippen LogP contribution >= 0.6 is 22.6 Å². The van der Waals surface area contributed by atoms with Crippen molar-refractivity contribution in [3.63, 3.8) is 0 Å². The van der Waals surface area contributed by atoms with Gasteiger partial charge in [-0.25, -0.2) is 4.79 Å². The molecule has 0 bridgehead atoms. The van der Waals surface area contributed by atoms with Crippen LogP contribution in [-0.4, -0.2) is 36.7 Å². The number of halogens is 1. The molecular weight excluding hydrogens is 361 g/mol. The van der Waals surface area contributed by atoms with Crippen molar-refractivity contribution in [2.45, 2.75) is 18.9 Å². The Kier molecular flexibility index (Phi) is 6.79. The normalized spacial score (nSPS) is 11.9. The van der Waals surface area contributed by atoms with E-state index in [1.54, 1.807) is 0 Å². The molecule has 0 spiro atoms. The minimum absolute atomic E-state index is 0.176. The summed E-state index contributed by atoms with van der Waals surface area (Å²) in [7, 11) is 1.49. The van der Waals surface area contributed by atoms with Gasteiger partial charge in [-0.3, -0.25) is 4.79 Å². The molecule has 104 valence electrons. The molecule has 2 N–H and O–H groups in total. The maximum atomic E-state index is 11.8. The number of methoxy groups -OCH3 is 1. The molecule has 1 unspecified atom stereocenters. The van der Waals surface area contributed by atoms with Crippen molar-refractivity contribution < 1.29 is 19.4 Å². The van der Waals surface area contributed by atoms with Crippen molar-refractivity contribution in [1.29, 1.82) is 0 Å². The van der Waals surface area contributed by atoms with Gasteiger partial charge in [0.2, 0.25) is 5.91 Å². The number of carbonyl (C=O) groups is 2. The molecule has 0 aromatic heterocycles. The van der Waals surface area contributed by atoms with E-state index < -0.39 is 12.0 Å². The molecule has 0 heterocycles. The second-order valence-corrected chi connectivity index (χ2v) is 5.17. The lowest BCUT2D eigenvalue weighted by molar-refractivity contribution is -0.142. The third-order valence-corrected chi connectivity index (χ3v) is 3.61. The van der Waals surface area contributed by atoms with Crippen LogP contribution in [0.5, 0.6) is 0 Å². The van der Waals surface area contributed by atoms with E-state index in [4.69, 9.17) is 9.84 Å². The smallest absolute Gasteiger partial charge is 0.326 e. The van der Waals surface area contributed by atoms with Crippen LogP contribution in [0.15, 0.2) is 24.3 Å². The highest BCUT2D eigenvalue weighted by Gasteiger charge is 2.19. The first-order valence-corrected chi connectivity index (χ1v) is 6.87. The summed E-state index contributed by atoms with van der Waals surface area (Å²) >= 11 is 2.15. The van der Waals surface area contributed by atoms with Gasteiger partial charge in [-0.05, 0) is 34.2 Å². The van der Waals surface area contributed by atoms with Gasteiger partial charge in [0.15, 0.2) is 0 Å². The highest BCUT2D eigenvalue weighted by atomic mass is 127. The lowest BCUT2D eigenvalue weighted by Gasteiger charge is -2.14. The summed E-state index contributed by atoms with van der Waals surface area (Å²) in [5.74, 6) is -1.35. The second-order valence-electron chi connectivity index (χ2n) is 4.01. The Hall–Kier alpha value is -1.15. The van der Waals surface area contributed by atoms with Gasteiger partial charge in [0.05, 0.1) is 6.42 Å². The van der Waals surface area contributed by atoms with Crippen LogP contribution in [0.4, 0.5) is 0 Å². The van der Waals surface area contributed by atoms with E-state index in [0.29, 0.717) is 6.61 Å². The number of carboxylic acid groups (broad SMARTS) is 1.